The summed E-state index contributed by atoms with van der Waals surface area (Å²) in [6.45, 7) is 2.43. The number of rotatable bonds is 6. The molecule has 3 unspecified atom stereocenters. The monoisotopic (exact) mass is 342 g/mol. The van der Waals surface area contributed by atoms with E-state index < -0.39 is 10.0 Å². The summed E-state index contributed by atoms with van der Waals surface area (Å²) < 4.78 is 26.7. The van der Waals surface area contributed by atoms with E-state index in [0.717, 1.165) is 6.42 Å². The van der Waals surface area contributed by atoms with Crippen molar-refractivity contribution in [2.75, 3.05) is 25.6 Å². The Bertz CT molecular complexity index is 639. The van der Waals surface area contributed by atoms with Crippen LogP contribution in [0, 0.1) is 11.8 Å². The Labute approximate surface area is 135 Å². The Morgan fingerprint density at radius 3 is 2.87 bits per heavy atom. The smallest absolute Gasteiger partial charge is 0.218 e. The number of fused-ring (bicyclic) bond motifs is 1. The van der Waals surface area contributed by atoms with Crippen molar-refractivity contribution in [2.24, 2.45) is 11.8 Å². The van der Waals surface area contributed by atoms with Crippen LogP contribution in [0.25, 0.3) is 0 Å². The fraction of sp³-hybridized carbons (Fsp3) is 0.571. The molecular weight excluding hydrogens is 320 g/mol. The predicted octanol–water partition coefficient (Wildman–Crippen LogP) is -0.415. The molecule has 0 radical (unpaired) electrons. The van der Waals surface area contributed by atoms with Crippen molar-refractivity contribution in [3.63, 3.8) is 0 Å². The van der Waals surface area contributed by atoms with E-state index in [-0.39, 0.29) is 18.4 Å². The Hall–Kier alpha value is -1.55. The van der Waals surface area contributed by atoms with Gasteiger partial charge < -0.3 is 15.3 Å². The average molecular weight is 342 g/mol. The zero-order chi connectivity index (χ0) is 17.0. The number of carbonyl (C=O) groups excluding carboxylic acids is 1. The third kappa shape index (κ3) is 3.69. The third-order valence-corrected chi connectivity index (χ3v) is 6.08. The van der Waals surface area contributed by atoms with E-state index in [4.69, 9.17) is 4.79 Å². The molecule has 2 fully saturated rings. The number of pyridine rings is 1. The van der Waals surface area contributed by atoms with Gasteiger partial charge in [-0.05, 0) is 24.3 Å². The van der Waals surface area contributed by atoms with Crippen molar-refractivity contribution in [3.8, 4) is 0 Å². The molecule has 8 nitrogen and oxygen atoms in total. The van der Waals surface area contributed by atoms with Crippen LogP contribution in [0.2, 0.25) is 0 Å². The first-order chi connectivity index (χ1) is 11.1. The van der Waals surface area contributed by atoms with Crippen LogP contribution in [0.3, 0.4) is 0 Å². The number of nitrogens with zero attached hydrogens (tertiary/aromatic N) is 2. The summed E-state index contributed by atoms with van der Waals surface area (Å²) in [7, 11) is -1.75. The molecule has 1 aromatic rings. The van der Waals surface area contributed by atoms with Crippen LogP contribution in [0.15, 0.2) is 18.3 Å². The molecule has 9 heteroatoms. The van der Waals surface area contributed by atoms with Crippen LogP contribution >= 0.6 is 0 Å². The van der Waals surface area contributed by atoms with E-state index in [9.17, 15) is 13.5 Å². The quantitative estimate of drug-likeness (QED) is 0.602. The molecule has 3 atom stereocenters. The van der Waals surface area contributed by atoms with Crippen molar-refractivity contribution >= 4 is 22.6 Å². The molecule has 1 saturated carbocycles. The van der Waals surface area contributed by atoms with Crippen molar-refractivity contribution < 1.29 is 18.3 Å². The minimum Gasteiger partial charge on any atom is -0.395 e. The van der Waals surface area contributed by atoms with E-state index in [1.54, 1.807) is 25.4 Å². The molecule has 0 spiro atoms. The van der Waals surface area contributed by atoms with Gasteiger partial charge in [-0.2, -0.15) is 4.31 Å². The maximum Gasteiger partial charge on any atom is 0.218 e. The largest absolute Gasteiger partial charge is 0.395 e. The van der Waals surface area contributed by atoms with Gasteiger partial charge in [0.25, 0.3) is 0 Å². The molecule has 0 bridgehead atoms. The number of nitrogens with one attached hydrogen (secondary N) is 2. The van der Waals surface area contributed by atoms with Crippen LogP contribution in [-0.4, -0.2) is 55.8 Å². The lowest BCUT2D eigenvalue weighted by Crippen LogP contribution is -2.41. The summed E-state index contributed by atoms with van der Waals surface area (Å²) in [5, 5.41) is 9.46. The van der Waals surface area contributed by atoms with Gasteiger partial charge in [0.2, 0.25) is 10.0 Å². The summed E-state index contributed by atoms with van der Waals surface area (Å²) in [4.78, 5) is 12.1. The number of piperidine rings is 1. The highest BCUT2D eigenvalue weighted by Crippen LogP contribution is 2.50. The Morgan fingerprint density at radius 1 is 1.48 bits per heavy atom. The molecular formula is C14H22N4O4S. The number of aromatic nitrogens is 1. The molecule has 3 rings (SSSR count). The van der Waals surface area contributed by atoms with E-state index >= 15 is 0 Å². The maximum absolute atomic E-state index is 12.6. The number of hydrazine groups is 1. The summed E-state index contributed by atoms with van der Waals surface area (Å²) in [5.41, 5.74) is 6.21. The molecule has 1 aliphatic heterocycles. The molecule has 1 aliphatic carbocycles. The first-order valence-corrected chi connectivity index (χ1v) is 8.93. The van der Waals surface area contributed by atoms with Gasteiger partial charge in [0.05, 0.1) is 18.4 Å². The van der Waals surface area contributed by atoms with Gasteiger partial charge in [0, 0.05) is 25.4 Å². The molecule has 2 heterocycles. The number of aliphatic hydroxyl groups is 1. The number of carbonyl (C=O) groups is 1. The van der Waals surface area contributed by atoms with E-state index in [0.29, 0.717) is 29.8 Å². The molecule has 1 aromatic heterocycles. The second kappa shape index (κ2) is 7.35. The van der Waals surface area contributed by atoms with E-state index in [1.165, 1.54) is 4.31 Å². The zero-order valence-electron chi connectivity index (χ0n) is 13.0. The lowest BCUT2D eigenvalue weighted by atomic mass is 10.2. The Balaban J connectivity index is 0.000000924. The Kier molecular flexibility index (Phi) is 5.69. The molecule has 1 saturated heterocycles. The van der Waals surface area contributed by atoms with Crippen molar-refractivity contribution in [1.82, 2.24) is 14.7 Å². The van der Waals surface area contributed by atoms with Crippen molar-refractivity contribution in [2.45, 2.75) is 18.2 Å². The zero-order valence-corrected chi connectivity index (χ0v) is 13.8. The molecule has 3 N–H and O–H groups in total. The lowest BCUT2D eigenvalue weighted by Gasteiger charge is -2.25. The summed E-state index contributed by atoms with van der Waals surface area (Å²) >= 11 is 0. The summed E-state index contributed by atoms with van der Waals surface area (Å²) in [5.74, 6) is 1.17. The molecule has 0 amide bonds. The van der Waals surface area contributed by atoms with Crippen LogP contribution in [0.1, 0.15) is 12.0 Å². The highest BCUT2D eigenvalue weighted by Gasteiger charge is 2.55. The van der Waals surface area contributed by atoms with Gasteiger partial charge in [-0.1, -0.05) is 6.07 Å². The van der Waals surface area contributed by atoms with Crippen LogP contribution in [0.4, 0.5) is 5.82 Å². The number of anilines is 1. The highest BCUT2D eigenvalue weighted by atomic mass is 32.2. The summed E-state index contributed by atoms with van der Waals surface area (Å²) in [6.07, 6.45) is 2.65. The highest BCUT2D eigenvalue weighted by molar-refractivity contribution is 7.88. The fourth-order valence-corrected chi connectivity index (χ4v) is 4.99. The van der Waals surface area contributed by atoms with Gasteiger partial charge in [-0.25, -0.2) is 18.8 Å². The Morgan fingerprint density at radius 2 is 2.22 bits per heavy atom. The van der Waals surface area contributed by atoms with Gasteiger partial charge >= 0.3 is 0 Å². The van der Waals surface area contributed by atoms with Gasteiger partial charge in [-0.3, -0.25) is 0 Å². The van der Waals surface area contributed by atoms with Crippen molar-refractivity contribution in [3.05, 3.63) is 23.9 Å². The number of sulfonamides is 1. The minimum absolute atomic E-state index is 0.102. The topological polar surface area (TPSA) is 112 Å². The standard InChI is InChI=1S/C13H20N4O3S.CH2O/c1-14-16-13-9(3-2-4-15-13)8-21(19,20)17-6-10-5-11(10)12(17)7-18;1-2/h2-4,10-12,14,18H,5-8H2,1H3,(H,15,16);1H2. The van der Waals surface area contributed by atoms with E-state index in [2.05, 4.69) is 15.8 Å². The first-order valence-electron chi connectivity index (χ1n) is 7.32. The minimum atomic E-state index is -3.45. The molecule has 23 heavy (non-hydrogen) atoms. The maximum atomic E-state index is 12.6. The molecule has 2 aliphatic rings. The average Bonchev–Trinajstić information content (AvgIpc) is 3.22. The molecule has 0 aromatic carbocycles. The predicted molar refractivity (Wildman–Crippen MR) is 85.8 cm³/mol. The summed E-state index contributed by atoms with van der Waals surface area (Å²) in [6, 6.07) is 3.21. The van der Waals surface area contributed by atoms with Gasteiger partial charge in [0.1, 0.15) is 12.6 Å². The van der Waals surface area contributed by atoms with Crippen LogP contribution < -0.4 is 10.9 Å². The second-order valence-electron chi connectivity index (χ2n) is 5.62. The molecule has 128 valence electrons. The van der Waals surface area contributed by atoms with E-state index in [1.807, 2.05) is 6.79 Å². The fourth-order valence-electron chi connectivity index (χ4n) is 3.14. The lowest BCUT2D eigenvalue weighted by molar-refractivity contribution is -0.0979. The van der Waals surface area contributed by atoms with Crippen LogP contribution in [0.5, 0.6) is 0 Å². The van der Waals surface area contributed by atoms with Gasteiger partial charge in [0.15, 0.2) is 0 Å². The normalized spacial score (nSPS) is 26.1. The number of hydrogen-bond acceptors (Lipinski definition) is 7. The number of aliphatic hydroxyl groups excluding tert-OH is 1. The number of hydrogen-bond donors (Lipinski definition) is 3. The second-order valence-corrected chi connectivity index (χ2v) is 7.54. The SMILES string of the molecule is C=O.CNNc1ncccc1CS(=O)(=O)N1CC2CC2C1CO. The van der Waals surface area contributed by atoms with Gasteiger partial charge in [-0.15, -0.1) is 0 Å². The first kappa shape index (κ1) is 17.8. The third-order valence-electron chi connectivity index (χ3n) is 4.27. The van der Waals surface area contributed by atoms with Crippen LogP contribution in [-0.2, 0) is 20.6 Å². The van der Waals surface area contributed by atoms with Crippen molar-refractivity contribution in [1.29, 1.82) is 0 Å².